The second-order valence-electron chi connectivity index (χ2n) is 5.32. The molecule has 0 bridgehead atoms. The molecule has 1 N–H and O–H groups in total. The molecule has 0 aliphatic heterocycles. The predicted molar refractivity (Wildman–Crippen MR) is 88.9 cm³/mol. The van der Waals surface area contributed by atoms with E-state index in [9.17, 15) is 0 Å². The van der Waals surface area contributed by atoms with Gasteiger partial charge in [-0.1, -0.05) is 48.8 Å². The van der Waals surface area contributed by atoms with Crippen LogP contribution in [0, 0.1) is 0 Å². The Labute approximate surface area is 131 Å². The molecular weight excluding hydrogens is 316 g/mol. The molecule has 1 rings (SSSR count). The van der Waals surface area contributed by atoms with Crippen LogP contribution < -0.4 is 5.32 Å². The zero-order valence-corrected chi connectivity index (χ0v) is 14.7. The lowest BCUT2D eigenvalue weighted by Crippen LogP contribution is -2.27. The van der Waals surface area contributed by atoms with Crippen molar-refractivity contribution in [1.29, 1.82) is 0 Å². The standard InChI is InChI=1S/C16H27BrN2O/c1-5-19(8-9-20-4)12-15-7-6-14(10-16(15)17)11-18-13(2)3/h6-7,10,13,18H,5,8-9,11-12H2,1-4H3. The van der Waals surface area contributed by atoms with Crippen molar-refractivity contribution in [2.75, 3.05) is 26.8 Å². The van der Waals surface area contributed by atoms with Gasteiger partial charge < -0.3 is 10.1 Å². The third kappa shape index (κ3) is 6.35. The Hall–Kier alpha value is -0.420. The Balaban J connectivity index is 2.62. The van der Waals surface area contributed by atoms with Gasteiger partial charge in [-0.2, -0.15) is 0 Å². The summed E-state index contributed by atoms with van der Waals surface area (Å²) in [6.45, 7) is 11.2. The van der Waals surface area contributed by atoms with Gasteiger partial charge in [-0.15, -0.1) is 0 Å². The number of ether oxygens (including phenoxy) is 1. The molecule has 0 unspecified atom stereocenters. The van der Waals surface area contributed by atoms with E-state index in [1.54, 1.807) is 7.11 Å². The first-order chi connectivity index (χ1) is 9.56. The first-order valence-corrected chi connectivity index (χ1v) is 8.08. The second kappa shape index (κ2) is 9.50. The molecule has 114 valence electrons. The Kier molecular flexibility index (Phi) is 8.38. The second-order valence-corrected chi connectivity index (χ2v) is 6.18. The molecular formula is C16H27BrN2O. The van der Waals surface area contributed by atoms with Crippen LogP contribution in [0.3, 0.4) is 0 Å². The van der Waals surface area contributed by atoms with Gasteiger partial charge in [0.1, 0.15) is 0 Å². The van der Waals surface area contributed by atoms with E-state index in [0.717, 1.165) is 32.8 Å². The van der Waals surface area contributed by atoms with Gasteiger partial charge in [-0.3, -0.25) is 4.90 Å². The average molecular weight is 343 g/mol. The summed E-state index contributed by atoms with van der Waals surface area (Å²) >= 11 is 3.69. The topological polar surface area (TPSA) is 24.5 Å². The molecule has 0 atom stereocenters. The van der Waals surface area contributed by atoms with E-state index in [1.165, 1.54) is 15.6 Å². The lowest BCUT2D eigenvalue weighted by molar-refractivity contribution is 0.147. The third-order valence-electron chi connectivity index (χ3n) is 3.28. The molecule has 0 aliphatic carbocycles. The normalized spacial score (nSPS) is 11.6. The molecule has 0 radical (unpaired) electrons. The summed E-state index contributed by atoms with van der Waals surface area (Å²) in [5, 5.41) is 3.44. The first kappa shape index (κ1) is 17.6. The maximum atomic E-state index is 5.15. The summed E-state index contributed by atoms with van der Waals surface area (Å²) < 4.78 is 6.35. The van der Waals surface area contributed by atoms with E-state index in [2.05, 4.69) is 65.1 Å². The van der Waals surface area contributed by atoms with Crippen molar-refractivity contribution in [1.82, 2.24) is 10.2 Å². The van der Waals surface area contributed by atoms with Crippen molar-refractivity contribution < 1.29 is 4.74 Å². The predicted octanol–water partition coefficient (Wildman–Crippen LogP) is 3.42. The summed E-state index contributed by atoms with van der Waals surface area (Å²) in [7, 11) is 1.75. The molecule has 0 spiro atoms. The monoisotopic (exact) mass is 342 g/mol. The molecule has 0 amide bonds. The highest BCUT2D eigenvalue weighted by atomic mass is 79.9. The largest absolute Gasteiger partial charge is 0.383 e. The SMILES string of the molecule is CCN(CCOC)Cc1ccc(CNC(C)C)cc1Br. The highest BCUT2D eigenvalue weighted by Gasteiger charge is 2.07. The third-order valence-corrected chi connectivity index (χ3v) is 4.02. The van der Waals surface area contributed by atoms with Gasteiger partial charge in [-0.05, 0) is 23.7 Å². The van der Waals surface area contributed by atoms with Crippen molar-refractivity contribution >= 4 is 15.9 Å². The van der Waals surface area contributed by atoms with Crippen LogP contribution in [0.1, 0.15) is 31.9 Å². The van der Waals surface area contributed by atoms with Crippen molar-refractivity contribution in [3.8, 4) is 0 Å². The zero-order valence-electron chi connectivity index (χ0n) is 13.1. The van der Waals surface area contributed by atoms with E-state index in [1.807, 2.05) is 0 Å². The van der Waals surface area contributed by atoms with Crippen LogP contribution in [-0.4, -0.2) is 37.7 Å². The number of hydrogen-bond donors (Lipinski definition) is 1. The molecule has 0 heterocycles. The summed E-state index contributed by atoms with van der Waals surface area (Å²) in [5.74, 6) is 0. The molecule has 0 aromatic heterocycles. The Bertz CT molecular complexity index is 396. The van der Waals surface area contributed by atoms with Crippen LogP contribution in [0.2, 0.25) is 0 Å². The minimum Gasteiger partial charge on any atom is -0.383 e. The lowest BCUT2D eigenvalue weighted by Gasteiger charge is -2.21. The quantitative estimate of drug-likeness (QED) is 0.744. The maximum absolute atomic E-state index is 5.15. The molecule has 1 aromatic carbocycles. The number of methoxy groups -OCH3 is 1. The van der Waals surface area contributed by atoms with Crippen LogP contribution >= 0.6 is 15.9 Å². The first-order valence-electron chi connectivity index (χ1n) is 7.28. The van der Waals surface area contributed by atoms with E-state index >= 15 is 0 Å². The van der Waals surface area contributed by atoms with Crippen molar-refractivity contribution in [2.24, 2.45) is 0 Å². The van der Waals surface area contributed by atoms with Crippen LogP contribution in [-0.2, 0) is 17.8 Å². The maximum Gasteiger partial charge on any atom is 0.0589 e. The van der Waals surface area contributed by atoms with Crippen molar-refractivity contribution in [3.05, 3.63) is 33.8 Å². The van der Waals surface area contributed by atoms with Gasteiger partial charge in [0.15, 0.2) is 0 Å². The van der Waals surface area contributed by atoms with Crippen molar-refractivity contribution in [3.63, 3.8) is 0 Å². The minimum atomic E-state index is 0.512. The van der Waals surface area contributed by atoms with E-state index < -0.39 is 0 Å². The van der Waals surface area contributed by atoms with Crippen LogP contribution in [0.25, 0.3) is 0 Å². The number of hydrogen-bond acceptors (Lipinski definition) is 3. The van der Waals surface area contributed by atoms with E-state index in [-0.39, 0.29) is 0 Å². The number of benzene rings is 1. The molecule has 0 aliphatic rings. The van der Waals surface area contributed by atoms with Crippen LogP contribution in [0.5, 0.6) is 0 Å². The van der Waals surface area contributed by atoms with Crippen LogP contribution in [0.4, 0.5) is 0 Å². The summed E-state index contributed by atoms with van der Waals surface area (Å²) in [4.78, 5) is 2.38. The molecule has 0 saturated carbocycles. The fourth-order valence-corrected chi connectivity index (χ4v) is 2.51. The van der Waals surface area contributed by atoms with E-state index in [4.69, 9.17) is 4.74 Å². The molecule has 20 heavy (non-hydrogen) atoms. The fraction of sp³-hybridized carbons (Fsp3) is 0.625. The minimum absolute atomic E-state index is 0.512. The van der Waals surface area contributed by atoms with Crippen molar-refractivity contribution in [2.45, 2.75) is 39.9 Å². The summed E-state index contributed by atoms with van der Waals surface area (Å²) in [6.07, 6.45) is 0. The molecule has 0 fully saturated rings. The molecule has 0 saturated heterocycles. The lowest BCUT2D eigenvalue weighted by atomic mass is 10.1. The van der Waals surface area contributed by atoms with Gasteiger partial charge in [0, 0.05) is 37.3 Å². The highest BCUT2D eigenvalue weighted by molar-refractivity contribution is 9.10. The molecule has 4 heteroatoms. The number of likely N-dealkylation sites (N-methyl/N-ethyl adjacent to an activating group) is 1. The van der Waals surface area contributed by atoms with Gasteiger partial charge in [0.2, 0.25) is 0 Å². The fourth-order valence-electron chi connectivity index (χ4n) is 1.96. The molecule has 1 aromatic rings. The van der Waals surface area contributed by atoms with Crippen LogP contribution in [0.15, 0.2) is 22.7 Å². The number of nitrogens with one attached hydrogen (secondary N) is 1. The Morgan fingerprint density at radius 2 is 2.10 bits per heavy atom. The van der Waals surface area contributed by atoms with Gasteiger partial charge in [-0.25, -0.2) is 0 Å². The Morgan fingerprint density at radius 1 is 1.35 bits per heavy atom. The number of halogens is 1. The zero-order chi connectivity index (χ0) is 15.0. The smallest absolute Gasteiger partial charge is 0.0589 e. The van der Waals surface area contributed by atoms with Gasteiger partial charge in [0.25, 0.3) is 0 Å². The number of nitrogens with zero attached hydrogens (tertiary/aromatic N) is 1. The average Bonchev–Trinajstić information content (AvgIpc) is 2.43. The molecule has 3 nitrogen and oxygen atoms in total. The number of rotatable bonds is 9. The van der Waals surface area contributed by atoms with Gasteiger partial charge >= 0.3 is 0 Å². The highest BCUT2D eigenvalue weighted by Crippen LogP contribution is 2.20. The van der Waals surface area contributed by atoms with Gasteiger partial charge in [0.05, 0.1) is 6.61 Å². The summed E-state index contributed by atoms with van der Waals surface area (Å²) in [5.41, 5.74) is 2.64. The van der Waals surface area contributed by atoms with E-state index in [0.29, 0.717) is 6.04 Å². The summed E-state index contributed by atoms with van der Waals surface area (Å²) in [6, 6.07) is 7.16. The Morgan fingerprint density at radius 3 is 2.65 bits per heavy atom.